The van der Waals surface area contributed by atoms with Crippen molar-refractivity contribution >= 4 is 11.9 Å². The molecule has 1 atom stereocenters. The lowest BCUT2D eigenvalue weighted by Crippen LogP contribution is -2.36. The molecule has 0 aliphatic rings. The maximum atomic E-state index is 12.3. The van der Waals surface area contributed by atoms with Gasteiger partial charge < -0.3 is 10.1 Å². The molecule has 4 heteroatoms. The maximum Gasteiger partial charge on any atom is 0.307 e. The van der Waals surface area contributed by atoms with E-state index in [1.165, 1.54) is 7.11 Å². The summed E-state index contributed by atoms with van der Waals surface area (Å²) in [4.78, 5) is 23.6. The van der Waals surface area contributed by atoms with Crippen LogP contribution < -0.4 is 5.32 Å². The van der Waals surface area contributed by atoms with Crippen LogP contribution in [0.3, 0.4) is 0 Å². The first-order valence-electron chi connectivity index (χ1n) is 7.67. The molecule has 1 unspecified atom stereocenters. The van der Waals surface area contributed by atoms with E-state index in [-0.39, 0.29) is 24.3 Å². The van der Waals surface area contributed by atoms with Crippen LogP contribution in [0.15, 0.2) is 54.6 Å². The number of methoxy groups -OCH3 is 1. The molecule has 2 rings (SSSR count). The number of benzene rings is 2. The van der Waals surface area contributed by atoms with Gasteiger partial charge in [0, 0.05) is 11.6 Å². The number of ether oxygens (including phenoxy) is 1. The van der Waals surface area contributed by atoms with Crippen molar-refractivity contribution in [2.24, 2.45) is 0 Å². The van der Waals surface area contributed by atoms with Crippen molar-refractivity contribution in [2.75, 3.05) is 7.11 Å². The van der Waals surface area contributed by atoms with Crippen molar-refractivity contribution in [3.63, 3.8) is 0 Å². The second kappa shape index (κ2) is 8.13. The highest BCUT2D eigenvalue weighted by Crippen LogP contribution is 2.19. The Kier molecular flexibility index (Phi) is 5.92. The molecule has 0 heterocycles. The number of carbonyl (C=O) groups excluding carboxylic acids is 2. The summed E-state index contributed by atoms with van der Waals surface area (Å²) in [6.45, 7) is 1.92. The summed E-state index contributed by atoms with van der Waals surface area (Å²) in [5.74, 6) is -0.503. The number of hydrogen-bond acceptors (Lipinski definition) is 3. The average molecular weight is 311 g/mol. The van der Waals surface area contributed by atoms with Gasteiger partial charge in [0.05, 0.1) is 13.5 Å². The van der Waals surface area contributed by atoms with Crippen molar-refractivity contribution in [1.82, 2.24) is 5.32 Å². The highest BCUT2D eigenvalue weighted by atomic mass is 16.5. The van der Waals surface area contributed by atoms with Crippen LogP contribution in [0.25, 0.3) is 11.1 Å². The van der Waals surface area contributed by atoms with E-state index in [4.69, 9.17) is 0 Å². The number of carbonyl (C=O) groups is 2. The summed E-state index contributed by atoms with van der Waals surface area (Å²) >= 11 is 0. The van der Waals surface area contributed by atoms with Crippen LogP contribution in [-0.2, 0) is 9.53 Å². The number of hydrogen-bond donors (Lipinski definition) is 1. The van der Waals surface area contributed by atoms with Gasteiger partial charge in [0.15, 0.2) is 0 Å². The second-order valence-corrected chi connectivity index (χ2v) is 5.30. The number of esters is 1. The van der Waals surface area contributed by atoms with Crippen molar-refractivity contribution in [1.29, 1.82) is 0 Å². The Morgan fingerprint density at radius 1 is 1.00 bits per heavy atom. The third-order valence-electron chi connectivity index (χ3n) is 3.72. The Morgan fingerprint density at radius 2 is 1.61 bits per heavy atom. The minimum Gasteiger partial charge on any atom is -0.469 e. The molecular formula is C19H21NO3. The Hall–Kier alpha value is -2.62. The standard InChI is InChI=1S/C19H21NO3/c1-3-17(13-18(21)23-2)20-19(22)16-11-9-15(10-12-16)14-7-5-4-6-8-14/h4-12,17H,3,13H2,1-2H3,(H,20,22). The molecule has 2 aromatic rings. The molecule has 0 aliphatic heterocycles. The van der Waals surface area contributed by atoms with Crippen molar-refractivity contribution < 1.29 is 14.3 Å². The van der Waals surface area contributed by atoms with Gasteiger partial charge in [-0.05, 0) is 29.7 Å². The number of rotatable bonds is 6. The molecule has 0 radical (unpaired) electrons. The fraction of sp³-hybridized carbons (Fsp3) is 0.263. The molecule has 1 N–H and O–H groups in total. The van der Waals surface area contributed by atoms with Gasteiger partial charge in [-0.2, -0.15) is 0 Å². The molecule has 23 heavy (non-hydrogen) atoms. The smallest absolute Gasteiger partial charge is 0.307 e. The quantitative estimate of drug-likeness (QED) is 0.832. The fourth-order valence-electron chi connectivity index (χ4n) is 2.30. The molecule has 4 nitrogen and oxygen atoms in total. The second-order valence-electron chi connectivity index (χ2n) is 5.30. The molecule has 2 aromatic carbocycles. The van der Waals surface area contributed by atoms with E-state index in [9.17, 15) is 9.59 Å². The first-order valence-corrected chi connectivity index (χ1v) is 7.67. The first kappa shape index (κ1) is 16.7. The maximum absolute atomic E-state index is 12.3. The predicted molar refractivity (Wildman–Crippen MR) is 90.1 cm³/mol. The Bertz CT molecular complexity index is 650. The van der Waals surface area contributed by atoms with Crippen LogP contribution in [0.1, 0.15) is 30.1 Å². The lowest BCUT2D eigenvalue weighted by atomic mass is 10.0. The molecule has 0 bridgehead atoms. The molecular weight excluding hydrogens is 290 g/mol. The van der Waals surface area contributed by atoms with E-state index < -0.39 is 0 Å². The van der Waals surface area contributed by atoms with Crippen LogP contribution in [0.4, 0.5) is 0 Å². The summed E-state index contributed by atoms with van der Waals surface area (Å²) in [5.41, 5.74) is 2.74. The van der Waals surface area contributed by atoms with E-state index in [0.29, 0.717) is 12.0 Å². The molecule has 0 saturated carbocycles. The molecule has 120 valence electrons. The van der Waals surface area contributed by atoms with E-state index >= 15 is 0 Å². The monoisotopic (exact) mass is 311 g/mol. The SMILES string of the molecule is CCC(CC(=O)OC)NC(=O)c1ccc(-c2ccccc2)cc1. The Balaban J connectivity index is 2.04. The average Bonchev–Trinajstić information content (AvgIpc) is 2.61. The van der Waals surface area contributed by atoms with Crippen molar-refractivity contribution in [3.05, 3.63) is 60.2 Å². The zero-order valence-electron chi connectivity index (χ0n) is 13.4. The minimum absolute atomic E-state index is 0.180. The van der Waals surface area contributed by atoms with Gasteiger partial charge in [0.25, 0.3) is 5.91 Å². The lowest BCUT2D eigenvalue weighted by molar-refractivity contribution is -0.141. The Labute approximate surface area is 136 Å². The van der Waals surface area contributed by atoms with Crippen molar-refractivity contribution in [3.8, 4) is 11.1 Å². The van der Waals surface area contributed by atoms with Gasteiger partial charge in [-0.3, -0.25) is 9.59 Å². The molecule has 0 aliphatic carbocycles. The van der Waals surface area contributed by atoms with Gasteiger partial charge >= 0.3 is 5.97 Å². The van der Waals surface area contributed by atoms with Crippen LogP contribution in [0.2, 0.25) is 0 Å². The molecule has 0 saturated heterocycles. The summed E-state index contributed by atoms with van der Waals surface area (Å²) in [5, 5.41) is 2.87. The van der Waals surface area contributed by atoms with Gasteiger partial charge in [-0.25, -0.2) is 0 Å². The predicted octanol–water partition coefficient (Wildman–Crippen LogP) is 3.43. The zero-order valence-corrected chi connectivity index (χ0v) is 13.4. The molecule has 1 amide bonds. The third kappa shape index (κ3) is 4.68. The summed E-state index contributed by atoms with van der Waals surface area (Å²) in [6.07, 6.45) is 0.851. The lowest BCUT2D eigenvalue weighted by Gasteiger charge is -2.15. The largest absolute Gasteiger partial charge is 0.469 e. The van der Waals surface area contributed by atoms with Gasteiger partial charge in [-0.1, -0.05) is 49.4 Å². The highest BCUT2D eigenvalue weighted by Gasteiger charge is 2.16. The van der Waals surface area contributed by atoms with Crippen LogP contribution in [-0.4, -0.2) is 25.0 Å². The van der Waals surface area contributed by atoms with Gasteiger partial charge in [0.1, 0.15) is 0 Å². The first-order chi connectivity index (χ1) is 11.1. The van der Waals surface area contributed by atoms with E-state index in [0.717, 1.165) is 11.1 Å². The van der Waals surface area contributed by atoms with E-state index in [1.54, 1.807) is 12.1 Å². The van der Waals surface area contributed by atoms with Gasteiger partial charge in [-0.15, -0.1) is 0 Å². The van der Waals surface area contributed by atoms with Gasteiger partial charge in [0.2, 0.25) is 0 Å². The summed E-state index contributed by atoms with van der Waals surface area (Å²) < 4.78 is 4.64. The van der Waals surface area contributed by atoms with E-state index in [1.807, 2.05) is 49.4 Å². The fourth-order valence-corrected chi connectivity index (χ4v) is 2.30. The summed E-state index contributed by atoms with van der Waals surface area (Å²) in [6, 6.07) is 17.2. The topological polar surface area (TPSA) is 55.4 Å². The minimum atomic E-state index is -0.323. The van der Waals surface area contributed by atoms with Crippen LogP contribution in [0, 0.1) is 0 Å². The number of amides is 1. The molecule has 0 fully saturated rings. The highest BCUT2D eigenvalue weighted by molar-refractivity contribution is 5.95. The van der Waals surface area contributed by atoms with Crippen LogP contribution >= 0.6 is 0 Å². The summed E-state index contributed by atoms with van der Waals surface area (Å²) in [7, 11) is 1.35. The molecule has 0 spiro atoms. The van der Waals surface area contributed by atoms with Crippen molar-refractivity contribution in [2.45, 2.75) is 25.8 Å². The normalized spacial score (nSPS) is 11.6. The molecule has 0 aromatic heterocycles. The van der Waals surface area contributed by atoms with Crippen LogP contribution in [0.5, 0.6) is 0 Å². The number of nitrogens with one attached hydrogen (secondary N) is 1. The van der Waals surface area contributed by atoms with E-state index in [2.05, 4.69) is 10.1 Å². The zero-order chi connectivity index (χ0) is 16.7. The third-order valence-corrected chi connectivity index (χ3v) is 3.72. The Morgan fingerprint density at radius 3 is 2.17 bits per heavy atom.